The highest BCUT2D eigenvalue weighted by molar-refractivity contribution is 8.13. The molecule has 0 fully saturated rings. The van der Waals surface area contributed by atoms with E-state index in [2.05, 4.69) is 10.4 Å². The van der Waals surface area contributed by atoms with Gasteiger partial charge < -0.3 is 0 Å². The van der Waals surface area contributed by atoms with Crippen LogP contribution >= 0.6 is 23.4 Å². The first-order chi connectivity index (χ1) is 12.7. The van der Waals surface area contributed by atoms with Crippen molar-refractivity contribution in [3.63, 3.8) is 0 Å². The maximum Gasteiger partial charge on any atom is 0.276 e. The van der Waals surface area contributed by atoms with Crippen molar-refractivity contribution in [3.05, 3.63) is 69.7 Å². The molecular weight excluding hydrogens is 368 g/mol. The third kappa shape index (κ3) is 3.10. The number of thioether (sulfide) groups is 1. The van der Waals surface area contributed by atoms with Gasteiger partial charge in [-0.1, -0.05) is 66.7 Å². The standard InChI is InChI=1S/C19H17ClN4OS/c1-2-16-21-15-10-6-4-8-13(15)17-18(25)22-19(23-24(16)17)26-11-12-7-3-5-9-14(12)20/h3-10,16H,2,11H2,1H3,(H,22,23,25)/t16-/m0/s1. The second-order valence-electron chi connectivity index (χ2n) is 5.97. The zero-order chi connectivity index (χ0) is 18.1. The molecular formula is C19H17ClN4OS. The van der Waals surface area contributed by atoms with Crippen LogP contribution in [0.25, 0.3) is 5.70 Å². The molecule has 4 rings (SSSR count). The van der Waals surface area contributed by atoms with Crippen molar-refractivity contribution in [1.82, 2.24) is 10.3 Å². The van der Waals surface area contributed by atoms with E-state index in [-0.39, 0.29) is 12.1 Å². The molecule has 1 amide bonds. The topological polar surface area (TPSA) is 57.1 Å². The van der Waals surface area contributed by atoms with Crippen molar-refractivity contribution < 1.29 is 4.79 Å². The van der Waals surface area contributed by atoms with Crippen molar-refractivity contribution in [1.29, 1.82) is 0 Å². The molecule has 0 saturated heterocycles. The van der Waals surface area contributed by atoms with Crippen LogP contribution in [0.15, 0.2) is 58.6 Å². The Labute approximate surface area is 160 Å². The van der Waals surface area contributed by atoms with Gasteiger partial charge >= 0.3 is 0 Å². The largest absolute Gasteiger partial charge is 0.298 e. The van der Waals surface area contributed by atoms with Crippen LogP contribution in [0.5, 0.6) is 0 Å². The molecule has 1 N–H and O–H groups in total. The Morgan fingerprint density at radius 3 is 2.77 bits per heavy atom. The Balaban J connectivity index is 1.68. The Morgan fingerprint density at radius 2 is 1.96 bits per heavy atom. The molecule has 7 heteroatoms. The van der Waals surface area contributed by atoms with Gasteiger partial charge in [-0.05, 0) is 24.1 Å². The molecule has 0 saturated carbocycles. The summed E-state index contributed by atoms with van der Waals surface area (Å²) in [4.78, 5) is 17.5. The van der Waals surface area contributed by atoms with Crippen molar-refractivity contribution in [2.24, 2.45) is 10.1 Å². The minimum absolute atomic E-state index is 0.151. The first-order valence-corrected chi connectivity index (χ1v) is 9.76. The van der Waals surface area contributed by atoms with E-state index < -0.39 is 0 Å². The Kier molecular flexibility index (Phi) is 4.70. The van der Waals surface area contributed by atoms with Gasteiger partial charge in [0.05, 0.1) is 5.36 Å². The predicted octanol–water partition coefficient (Wildman–Crippen LogP) is 2.45. The first-order valence-electron chi connectivity index (χ1n) is 8.40. The van der Waals surface area contributed by atoms with Gasteiger partial charge in [0.1, 0.15) is 11.9 Å². The first kappa shape index (κ1) is 17.1. The van der Waals surface area contributed by atoms with Crippen molar-refractivity contribution in [2.75, 3.05) is 0 Å². The lowest BCUT2D eigenvalue weighted by atomic mass is 10.1. The number of carbonyl (C=O) groups excluding carboxylic acids is 1. The summed E-state index contributed by atoms with van der Waals surface area (Å²) in [7, 11) is 0. The van der Waals surface area contributed by atoms with Gasteiger partial charge in [-0.2, -0.15) is 0 Å². The number of halogens is 1. The van der Waals surface area contributed by atoms with Crippen LogP contribution in [0.4, 0.5) is 0 Å². The minimum atomic E-state index is -0.179. The summed E-state index contributed by atoms with van der Waals surface area (Å²) in [5, 5.41) is 12.2. The number of hydrogen-bond donors (Lipinski definition) is 1. The number of hydrogen-bond acceptors (Lipinski definition) is 5. The molecule has 0 radical (unpaired) electrons. The zero-order valence-electron chi connectivity index (χ0n) is 14.1. The van der Waals surface area contributed by atoms with Gasteiger partial charge in [-0.25, -0.2) is 5.01 Å². The van der Waals surface area contributed by atoms with Crippen molar-refractivity contribution >= 4 is 40.1 Å². The van der Waals surface area contributed by atoms with Crippen LogP contribution in [0.1, 0.15) is 18.9 Å². The number of fused-ring (bicyclic) bond motifs is 2. The van der Waals surface area contributed by atoms with Crippen LogP contribution in [0, 0.1) is 0 Å². The number of rotatable bonds is 3. The monoisotopic (exact) mass is 384 g/mol. The van der Waals surface area contributed by atoms with Crippen LogP contribution in [-0.4, -0.2) is 22.2 Å². The molecule has 2 aliphatic rings. The van der Waals surface area contributed by atoms with Gasteiger partial charge in [-0.3, -0.25) is 15.1 Å². The summed E-state index contributed by atoms with van der Waals surface area (Å²) in [6, 6.07) is 15.4. The summed E-state index contributed by atoms with van der Waals surface area (Å²) in [6.45, 7) is 2.04. The van der Waals surface area contributed by atoms with Crippen LogP contribution < -0.4 is 15.9 Å². The molecule has 2 heterocycles. The van der Waals surface area contributed by atoms with Gasteiger partial charge in [-0.15, -0.1) is 5.10 Å². The highest BCUT2D eigenvalue weighted by atomic mass is 35.5. The molecule has 0 unspecified atom stereocenters. The van der Waals surface area contributed by atoms with Gasteiger partial charge in [0, 0.05) is 16.0 Å². The molecule has 2 aromatic carbocycles. The van der Waals surface area contributed by atoms with E-state index in [0.29, 0.717) is 21.6 Å². The molecule has 0 aliphatic carbocycles. The van der Waals surface area contributed by atoms with Crippen LogP contribution in [-0.2, 0) is 10.5 Å². The van der Waals surface area contributed by atoms with E-state index in [1.54, 1.807) is 5.01 Å². The lowest BCUT2D eigenvalue weighted by Gasteiger charge is -2.33. The Hall–Kier alpha value is -2.31. The third-order valence-electron chi connectivity index (χ3n) is 4.28. The fourth-order valence-electron chi connectivity index (χ4n) is 2.99. The predicted molar refractivity (Wildman–Crippen MR) is 105 cm³/mol. The Morgan fingerprint density at radius 1 is 1.19 bits per heavy atom. The minimum Gasteiger partial charge on any atom is -0.298 e. The van der Waals surface area contributed by atoms with E-state index in [1.807, 2.05) is 55.5 Å². The number of benzene rings is 2. The number of amides is 1. The number of nitrogens with one attached hydrogen (secondary N) is 1. The third-order valence-corrected chi connectivity index (χ3v) is 5.56. The molecule has 1 atom stereocenters. The van der Waals surface area contributed by atoms with Gasteiger partial charge in [0.15, 0.2) is 5.17 Å². The zero-order valence-corrected chi connectivity index (χ0v) is 15.7. The van der Waals surface area contributed by atoms with Crippen molar-refractivity contribution in [2.45, 2.75) is 25.3 Å². The SMILES string of the molecule is CC[C@H]1N=c2ccccc2=C2C(=O)NC(SCc3ccccc3Cl)=NN21. The highest BCUT2D eigenvalue weighted by Gasteiger charge is 2.32. The molecule has 2 aliphatic heterocycles. The quantitative estimate of drug-likeness (QED) is 0.884. The summed E-state index contributed by atoms with van der Waals surface area (Å²) in [5.74, 6) is 0.481. The fraction of sp³-hybridized carbons (Fsp3) is 0.211. The second kappa shape index (κ2) is 7.13. The summed E-state index contributed by atoms with van der Waals surface area (Å²) < 4.78 is 0. The number of carbonyl (C=O) groups is 1. The maximum absolute atomic E-state index is 12.8. The smallest absolute Gasteiger partial charge is 0.276 e. The molecule has 0 spiro atoms. The second-order valence-corrected chi connectivity index (χ2v) is 7.34. The molecule has 132 valence electrons. The summed E-state index contributed by atoms with van der Waals surface area (Å²) >= 11 is 7.67. The normalized spacial score (nSPS) is 18.5. The molecule has 0 aromatic heterocycles. The maximum atomic E-state index is 12.8. The summed E-state index contributed by atoms with van der Waals surface area (Å²) in [6.07, 6.45) is 0.582. The molecule has 0 bridgehead atoms. The Bertz CT molecular complexity index is 1020. The van der Waals surface area contributed by atoms with Crippen LogP contribution in [0.3, 0.4) is 0 Å². The number of para-hydroxylation sites is 1. The number of amidine groups is 1. The lowest BCUT2D eigenvalue weighted by Crippen LogP contribution is -2.52. The van der Waals surface area contributed by atoms with Crippen molar-refractivity contribution in [3.8, 4) is 0 Å². The molecule has 26 heavy (non-hydrogen) atoms. The van der Waals surface area contributed by atoms with E-state index in [9.17, 15) is 4.79 Å². The van der Waals surface area contributed by atoms with E-state index >= 15 is 0 Å². The average molecular weight is 385 g/mol. The molecule has 2 aromatic rings. The highest BCUT2D eigenvalue weighted by Crippen LogP contribution is 2.25. The fourth-order valence-corrected chi connectivity index (χ4v) is 4.12. The lowest BCUT2D eigenvalue weighted by molar-refractivity contribution is -0.116. The number of hydrazone groups is 1. The van der Waals surface area contributed by atoms with E-state index in [1.165, 1.54) is 11.8 Å². The van der Waals surface area contributed by atoms with E-state index in [0.717, 1.165) is 22.6 Å². The van der Waals surface area contributed by atoms with Gasteiger partial charge in [0.25, 0.3) is 5.91 Å². The number of nitrogens with zero attached hydrogens (tertiary/aromatic N) is 3. The average Bonchev–Trinajstić information content (AvgIpc) is 2.66. The van der Waals surface area contributed by atoms with E-state index in [4.69, 9.17) is 16.6 Å². The molecule has 5 nitrogen and oxygen atoms in total. The van der Waals surface area contributed by atoms with Gasteiger partial charge in [0.2, 0.25) is 0 Å². The van der Waals surface area contributed by atoms with Crippen LogP contribution in [0.2, 0.25) is 5.02 Å². The summed E-state index contributed by atoms with van der Waals surface area (Å²) in [5.41, 5.74) is 1.57.